The molecule has 0 saturated carbocycles. The number of hydrogen-bond acceptors (Lipinski definition) is 1. The summed E-state index contributed by atoms with van der Waals surface area (Å²) in [5.74, 6) is 0. The lowest BCUT2D eigenvalue weighted by Crippen LogP contribution is -2.76. The third-order valence-electron chi connectivity index (χ3n) is 2.24. The Labute approximate surface area is 88.3 Å². The van der Waals surface area contributed by atoms with Crippen LogP contribution in [0, 0.1) is 0 Å². The van der Waals surface area contributed by atoms with Crippen LogP contribution in [0.15, 0.2) is 0 Å². The first-order chi connectivity index (χ1) is 6.58. The van der Waals surface area contributed by atoms with E-state index in [1.807, 2.05) is 0 Å². The van der Waals surface area contributed by atoms with E-state index in [1.165, 1.54) is 0 Å². The van der Waals surface area contributed by atoms with Gasteiger partial charge in [-0.3, -0.25) is 0 Å². The van der Waals surface area contributed by atoms with Gasteiger partial charge in [-0.1, -0.05) is 13.8 Å². The highest BCUT2D eigenvalue weighted by Gasteiger charge is 2.30. The minimum absolute atomic E-state index is 0.0868. The summed E-state index contributed by atoms with van der Waals surface area (Å²) in [7, 11) is -4.24. The predicted octanol–water partition coefficient (Wildman–Crippen LogP) is 2.12. The Kier molecular flexibility index (Phi) is 8.05. The van der Waals surface area contributed by atoms with Crippen molar-refractivity contribution >= 4 is 7.25 Å². The van der Waals surface area contributed by atoms with Gasteiger partial charge in [-0.25, -0.2) is 0 Å². The van der Waals surface area contributed by atoms with E-state index in [2.05, 4.69) is 26.5 Å². The Bertz CT molecular complexity index is 153. The van der Waals surface area contributed by atoms with Gasteiger partial charge in [-0.05, 0) is 13.3 Å². The molecule has 2 unspecified atom stereocenters. The van der Waals surface area contributed by atoms with Gasteiger partial charge in [0.25, 0.3) is 0 Å². The van der Waals surface area contributed by atoms with E-state index >= 15 is 0 Å². The topological polar surface area (TPSA) is 36.9 Å². The summed E-state index contributed by atoms with van der Waals surface area (Å²) in [6, 6.07) is 0. The fourth-order valence-electron chi connectivity index (χ4n) is 1.17. The van der Waals surface area contributed by atoms with Crippen molar-refractivity contribution < 1.29 is 27.7 Å². The number of halogens is 4. The Balaban J connectivity index is 0. The van der Waals surface area contributed by atoms with Gasteiger partial charge in [0.1, 0.15) is 11.6 Å². The second-order valence-electron chi connectivity index (χ2n) is 3.64. The minimum Gasteiger partial charge on any atom is -0.418 e. The maximum Gasteiger partial charge on any atom is 0.673 e. The third kappa shape index (κ3) is 11.6. The molecular formula is C8H20BF4NO. The zero-order valence-electron chi connectivity index (χ0n) is 9.70. The van der Waals surface area contributed by atoms with Crippen molar-refractivity contribution in [3.8, 4) is 0 Å². The first kappa shape index (κ1) is 17.1. The lowest BCUT2D eigenvalue weighted by molar-refractivity contribution is -0.492. The van der Waals surface area contributed by atoms with Gasteiger partial charge < -0.3 is 27.7 Å². The normalized spacial score (nSPS) is 17.4. The molecule has 0 aliphatic rings. The fraction of sp³-hybridized carbons (Fsp3) is 1.00. The molecule has 0 spiro atoms. The van der Waals surface area contributed by atoms with Crippen LogP contribution in [0.4, 0.5) is 17.3 Å². The standard InChI is InChI=1S/C8H19NO.BF4/c1-5-7(10-4)8(3,9)6-2;2-1(3,4)5/h7H,5-6,9H2,1-4H3;/q;-1/p+1. The molecule has 0 amide bonds. The number of hydrogen-bond donors (Lipinski definition) is 1. The second-order valence-corrected chi connectivity index (χ2v) is 3.64. The van der Waals surface area contributed by atoms with Gasteiger partial charge in [-0.15, -0.1) is 0 Å². The maximum atomic E-state index is 9.75. The van der Waals surface area contributed by atoms with E-state index in [1.54, 1.807) is 7.11 Å². The molecule has 0 fully saturated rings. The first-order valence-corrected chi connectivity index (χ1v) is 4.84. The zero-order chi connectivity index (χ0) is 12.7. The summed E-state index contributed by atoms with van der Waals surface area (Å²) in [5.41, 5.74) is 4.19. The molecule has 0 heterocycles. The molecule has 2 nitrogen and oxygen atoms in total. The monoisotopic (exact) mass is 233 g/mol. The summed E-state index contributed by atoms with van der Waals surface area (Å²) in [4.78, 5) is 0. The molecule has 7 heteroatoms. The van der Waals surface area contributed by atoms with Crippen molar-refractivity contribution in [1.29, 1.82) is 0 Å². The number of quaternary nitrogens is 1. The number of methoxy groups -OCH3 is 1. The van der Waals surface area contributed by atoms with Crippen molar-refractivity contribution in [2.75, 3.05) is 7.11 Å². The number of rotatable bonds is 4. The van der Waals surface area contributed by atoms with Gasteiger partial charge >= 0.3 is 7.25 Å². The van der Waals surface area contributed by atoms with Crippen molar-refractivity contribution in [1.82, 2.24) is 0 Å². The van der Waals surface area contributed by atoms with Crippen LogP contribution in [0.1, 0.15) is 33.6 Å². The van der Waals surface area contributed by atoms with E-state index in [-0.39, 0.29) is 5.54 Å². The lowest BCUT2D eigenvalue weighted by Gasteiger charge is -2.27. The van der Waals surface area contributed by atoms with Gasteiger partial charge in [0.05, 0.1) is 0 Å². The van der Waals surface area contributed by atoms with E-state index in [0.717, 1.165) is 12.8 Å². The van der Waals surface area contributed by atoms with E-state index in [9.17, 15) is 17.3 Å². The molecule has 0 aromatic rings. The van der Waals surface area contributed by atoms with Crippen molar-refractivity contribution in [3.05, 3.63) is 0 Å². The van der Waals surface area contributed by atoms with Crippen LogP contribution in [-0.4, -0.2) is 26.0 Å². The molecule has 0 radical (unpaired) electrons. The molecular weight excluding hydrogens is 213 g/mol. The summed E-state index contributed by atoms with van der Waals surface area (Å²) < 4.78 is 44.3. The second kappa shape index (κ2) is 7.06. The Morgan fingerprint density at radius 1 is 1.27 bits per heavy atom. The molecule has 0 aromatic carbocycles. The quantitative estimate of drug-likeness (QED) is 0.586. The van der Waals surface area contributed by atoms with Gasteiger partial charge in [0, 0.05) is 13.5 Å². The van der Waals surface area contributed by atoms with Crippen LogP contribution >= 0.6 is 0 Å². The van der Waals surface area contributed by atoms with Crippen LogP contribution in [-0.2, 0) is 4.74 Å². The minimum atomic E-state index is -6.00. The van der Waals surface area contributed by atoms with Crippen LogP contribution in [0.3, 0.4) is 0 Å². The molecule has 0 saturated heterocycles. The Morgan fingerprint density at radius 3 is 1.67 bits per heavy atom. The van der Waals surface area contributed by atoms with E-state index in [4.69, 9.17) is 4.74 Å². The average molecular weight is 233 g/mol. The predicted molar refractivity (Wildman–Crippen MR) is 52.9 cm³/mol. The average Bonchev–Trinajstić information content (AvgIpc) is 2.03. The molecule has 0 rings (SSSR count). The number of ether oxygens (including phenoxy) is 1. The zero-order valence-corrected chi connectivity index (χ0v) is 9.70. The fourth-order valence-corrected chi connectivity index (χ4v) is 1.17. The van der Waals surface area contributed by atoms with Crippen molar-refractivity contribution in [2.24, 2.45) is 0 Å². The smallest absolute Gasteiger partial charge is 0.418 e. The van der Waals surface area contributed by atoms with Gasteiger partial charge in [-0.2, -0.15) is 0 Å². The molecule has 0 aromatic heterocycles. The SMILES string of the molecule is CCC(OC)C(C)([NH3+])CC.F[B-](F)(F)F. The van der Waals surface area contributed by atoms with Crippen LogP contribution in [0.5, 0.6) is 0 Å². The van der Waals surface area contributed by atoms with Crippen LogP contribution in [0.25, 0.3) is 0 Å². The summed E-state index contributed by atoms with van der Waals surface area (Å²) in [6.45, 7) is 6.42. The maximum absolute atomic E-state index is 9.75. The van der Waals surface area contributed by atoms with Gasteiger partial charge in [0.15, 0.2) is 0 Å². The highest BCUT2D eigenvalue weighted by molar-refractivity contribution is 6.50. The van der Waals surface area contributed by atoms with Crippen molar-refractivity contribution in [3.63, 3.8) is 0 Å². The van der Waals surface area contributed by atoms with Crippen LogP contribution < -0.4 is 5.73 Å². The summed E-state index contributed by atoms with van der Waals surface area (Å²) >= 11 is 0. The Hall–Kier alpha value is -0.295. The Morgan fingerprint density at radius 2 is 1.60 bits per heavy atom. The van der Waals surface area contributed by atoms with E-state index < -0.39 is 7.25 Å². The van der Waals surface area contributed by atoms with Crippen LogP contribution in [0.2, 0.25) is 0 Å². The molecule has 3 N–H and O–H groups in total. The molecule has 15 heavy (non-hydrogen) atoms. The van der Waals surface area contributed by atoms with E-state index in [0.29, 0.717) is 6.10 Å². The first-order valence-electron chi connectivity index (χ1n) is 4.84. The summed E-state index contributed by atoms with van der Waals surface area (Å²) in [5, 5.41) is 0. The molecule has 2 atom stereocenters. The highest BCUT2D eigenvalue weighted by Crippen LogP contribution is 2.14. The highest BCUT2D eigenvalue weighted by atomic mass is 19.5. The largest absolute Gasteiger partial charge is 0.673 e. The molecule has 94 valence electrons. The van der Waals surface area contributed by atoms with Crippen molar-refractivity contribution in [2.45, 2.75) is 45.3 Å². The lowest BCUT2D eigenvalue weighted by atomic mass is 9.91. The molecule has 0 bridgehead atoms. The molecule has 0 aliphatic carbocycles. The summed E-state index contributed by atoms with van der Waals surface area (Å²) in [6.07, 6.45) is 2.42. The third-order valence-corrected chi connectivity index (χ3v) is 2.24. The van der Waals surface area contributed by atoms with Gasteiger partial charge in [0.2, 0.25) is 0 Å². The molecule has 0 aliphatic heterocycles.